The van der Waals surface area contributed by atoms with Crippen molar-refractivity contribution in [3.8, 4) is 5.75 Å². The van der Waals surface area contributed by atoms with Crippen molar-refractivity contribution in [1.82, 2.24) is 5.32 Å². The Labute approximate surface area is 159 Å². The predicted octanol–water partition coefficient (Wildman–Crippen LogP) is 2.70. The molecular weight excluding hydrogens is 371 g/mol. The molecule has 2 aromatic rings. The number of anilines is 1. The molecular formula is C19H23FN2O4S. The average molecular weight is 394 g/mol. The van der Waals surface area contributed by atoms with Gasteiger partial charge in [0.05, 0.1) is 18.6 Å². The second-order valence-corrected chi connectivity index (χ2v) is 7.76. The van der Waals surface area contributed by atoms with Crippen LogP contribution in [-0.4, -0.2) is 33.7 Å². The summed E-state index contributed by atoms with van der Waals surface area (Å²) in [5.41, 5.74) is 0.747. The van der Waals surface area contributed by atoms with Crippen LogP contribution >= 0.6 is 0 Å². The average Bonchev–Trinajstić information content (AvgIpc) is 2.61. The summed E-state index contributed by atoms with van der Waals surface area (Å²) < 4.78 is 44.7. The van der Waals surface area contributed by atoms with E-state index in [4.69, 9.17) is 4.74 Å². The third-order valence-electron chi connectivity index (χ3n) is 3.81. The first-order chi connectivity index (χ1) is 12.8. The van der Waals surface area contributed by atoms with Crippen LogP contribution in [0.2, 0.25) is 0 Å². The summed E-state index contributed by atoms with van der Waals surface area (Å²) in [6.45, 7) is 2.18. The summed E-state index contributed by atoms with van der Waals surface area (Å²) in [5, 5.41) is 2.61. The molecule has 0 heterocycles. The lowest BCUT2D eigenvalue weighted by Gasteiger charge is -2.24. The molecule has 0 aliphatic carbocycles. The third kappa shape index (κ3) is 5.96. The highest BCUT2D eigenvalue weighted by Crippen LogP contribution is 2.29. The smallest absolute Gasteiger partial charge is 0.232 e. The summed E-state index contributed by atoms with van der Waals surface area (Å²) in [4.78, 5) is 12.1. The van der Waals surface area contributed by atoms with E-state index < -0.39 is 15.8 Å². The molecule has 0 aromatic heterocycles. The lowest BCUT2D eigenvalue weighted by molar-refractivity contribution is -0.121. The SMILES string of the molecule is CCOc1ccccc1N(CCC(=O)NCc1ccccc1F)S(C)(=O)=O. The molecule has 2 rings (SSSR count). The highest BCUT2D eigenvalue weighted by Gasteiger charge is 2.21. The number of benzene rings is 2. The molecule has 0 bridgehead atoms. The molecule has 0 aliphatic rings. The van der Waals surface area contributed by atoms with Gasteiger partial charge >= 0.3 is 0 Å². The molecule has 8 heteroatoms. The van der Waals surface area contributed by atoms with Crippen LogP contribution in [0.25, 0.3) is 0 Å². The van der Waals surface area contributed by atoms with Gasteiger partial charge in [0.1, 0.15) is 11.6 Å². The van der Waals surface area contributed by atoms with E-state index in [1.165, 1.54) is 6.07 Å². The topological polar surface area (TPSA) is 75.7 Å². The number of carbonyl (C=O) groups is 1. The largest absolute Gasteiger partial charge is 0.492 e. The summed E-state index contributed by atoms with van der Waals surface area (Å²) in [6, 6.07) is 12.9. The number of hydrogen-bond donors (Lipinski definition) is 1. The number of nitrogens with zero attached hydrogens (tertiary/aromatic N) is 1. The molecule has 0 atom stereocenters. The number of carbonyl (C=O) groups excluding carboxylic acids is 1. The van der Waals surface area contributed by atoms with Crippen LogP contribution in [0.1, 0.15) is 18.9 Å². The van der Waals surface area contributed by atoms with Crippen LogP contribution in [0.4, 0.5) is 10.1 Å². The second kappa shape index (κ2) is 9.36. The van der Waals surface area contributed by atoms with Gasteiger partial charge in [-0.3, -0.25) is 9.10 Å². The summed E-state index contributed by atoms with van der Waals surface area (Å²) >= 11 is 0. The van der Waals surface area contributed by atoms with Gasteiger partial charge in [0.15, 0.2) is 0 Å². The van der Waals surface area contributed by atoms with Crippen LogP contribution in [0.5, 0.6) is 5.75 Å². The Balaban J connectivity index is 2.05. The van der Waals surface area contributed by atoms with Gasteiger partial charge in [-0.05, 0) is 25.1 Å². The normalized spacial score (nSPS) is 11.1. The predicted molar refractivity (Wildman–Crippen MR) is 103 cm³/mol. The Hall–Kier alpha value is -2.61. The van der Waals surface area contributed by atoms with E-state index in [2.05, 4.69) is 5.32 Å². The number of halogens is 1. The molecule has 1 amide bonds. The Bertz CT molecular complexity index is 887. The van der Waals surface area contributed by atoms with Gasteiger partial charge in [0, 0.05) is 25.1 Å². The van der Waals surface area contributed by atoms with Gasteiger partial charge in [-0.1, -0.05) is 30.3 Å². The van der Waals surface area contributed by atoms with Gasteiger partial charge in [-0.2, -0.15) is 0 Å². The fourth-order valence-electron chi connectivity index (χ4n) is 2.53. The van der Waals surface area contributed by atoms with Crippen molar-refractivity contribution < 1.29 is 22.3 Å². The van der Waals surface area contributed by atoms with Crippen molar-refractivity contribution in [1.29, 1.82) is 0 Å². The molecule has 6 nitrogen and oxygen atoms in total. The maximum atomic E-state index is 13.6. The fraction of sp³-hybridized carbons (Fsp3) is 0.316. The van der Waals surface area contributed by atoms with E-state index in [-0.39, 0.29) is 25.4 Å². The first kappa shape index (κ1) is 20.7. The van der Waals surface area contributed by atoms with Crippen LogP contribution in [-0.2, 0) is 21.4 Å². The Morgan fingerprint density at radius 1 is 1.15 bits per heavy atom. The summed E-state index contributed by atoms with van der Waals surface area (Å²) in [7, 11) is -3.61. The van der Waals surface area contributed by atoms with E-state index in [0.29, 0.717) is 23.6 Å². The molecule has 0 unspecified atom stereocenters. The van der Waals surface area contributed by atoms with Crippen molar-refractivity contribution in [3.63, 3.8) is 0 Å². The van der Waals surface area contributed by atoms with E-state index in [0.717, 1.165) is 10.6 Å². The van der Waals surface area contributed by atoms with Gasteiger partial charge in [-0.25, -0.2) is 12.8 Å². The highest BCUT2D eigenvalue weighted by atomic mass is 32.2. The third-order valence-corrected chi connectivity index (χ3v) is 4.99. The molecule has 0 saturated heterocycles. The Morgan fingerprint density at radius 3 is 2.48 bits per heavy atom. The zero-order valence-corrected chi connectivity index (χ0v) is 16.1. The van der Waals surface area contributed by atoms with E-state index in [1.54, 1.807) is 49.4 Å². The van der Waals surface area contributed by atoms with Crippen molar-refractivity contribution in [3.05, 3.63) is 59.9 Å². The van der Waals surface area contributed by atoms with Crippen LogP contribution < -0.4 is 14.4 Å². The lowest BCUT2D eigenvalue weighted by Crippen LogP contribution is -2.34. The monoisotopic (exact) mass is 394 g/mol. The minimum absolute atomic E-state index is 0.0416. The molecule has 0 saturated carbocycles. The number of ether oxygens (including phenoxy) is 1. The summed E-state index contributed by atoms with van der Waals surface area (Å²) in [5.74, 6) is -0.348. The lowest BCUT2D eigenvalue weighted by atomic mass is 10.2. The fourth-order valence-corrected chi connectivity index (χ4v) is 3.46. The summed E-state index contributed by atoms with van der Waals surface area (Å²) in [6.07, 6.45) is 1.01. The van der Waals surface area contributed by atoms with E-state index in [9.17, 15) is 17.6 Å². The van der Waals surface area contributed by atoms with E-state index in [1.807, 2.05) is 0 Å². The van der Waals surface area contributed by atoms with Crippen LogP contribution in [0.15, 0.2) is 48.5 Å². The number of hydrogen-bond acceptors (Lipinski definition) is 4. The van der Waals surface area contributed by atoms with Crippen molar-refractivity contribution in [2.45, 2.75) is 19.9 Å². The maximum absolute atomic E-state index is 13.6. The second-order valence-electron chi connectivity index (χ2n) is 5.85. The molecule has 0 spiro atoms. The molecule has 27 heavy (non-hydrogen) atoms. The van der Waals surface area contributed by atoms with Crippen molar-refractivity contribution in [2.24, 2.45) is 0 Å². The molecule has 0 fully saturated rings. The van der Waals surface area contributed by atoms with Gasteiger partial charge < -0.3 is 10.1 Å². The zero-order valence-electron chi connectivity index (χ0n) is 15.3. The number of amides is 1. The van der Waals surface area contributed by atoms with Gasteiger partial charge in [0.2, 0.25) is 15.9 Å². The molecule has 1 N–H and O–H groups in total. The minimum atomic E-state index is -3.61. The zero-order chi connectivity index (χ0) is 19.9. The molecule has 0 radical (unpaired) electrons. The molecule has 2 aromatic carbocycles. The first-order valence-electron chi connectivity index (χ1n) is 8.52. The molecule has 0 aliphatic heterocycles. The number of rotatable bonds is 9. The Kier molecular flexibility index (Phi) is 7.18. The van der Waals surface area contributed by atoms with Crippen LogP contribution in [0, 0.1) is 5.82 Å². The van der Waals surface area contributed by atoms with Gasteiger partial charge in [-0.15, -0.1) is 0 Å². The number of para-hydroxylation sites is 2. The highest BCUT2D eigenvalue weighted by molar-refractivity contribution is 7.92. The van der Waals surface area contributed by atoms with E-state index >= 15 is 0 Å². The molecule has 146 valence electrons. The number of sulfonamides is 1. The Morgan fingerprint density at radius 2 is 1.81 bits per heavy atom. The standard InChI is InChI=1S/C19H23FN2O4S/c1-3-26-18-11-7-6-10-17(18)22(27(2,24)25)13-12-19(23)21-14-15-8-4-5-9-16(15)20/h4-11H,3,12-14H2,1-2H3,(H,21,23). The first-order valence-corrected chi connectivity index (χ1v) is 10.4. The minimum Gasteiger partial charge on any atom is -0.492 e. The quantitative estimate of drug-likeness (QED) is 0.710. The van der Waals surface area contributed by atoms with Crippen molar-refractivity contribution >= 4 is 21.6 Å². The van der Waals surface area contributed by atoms with Gasteiger partial charge in [0.25, 0.3) is 0 Å². The maximum Gasteiger partial charge on any atom is 0.232 e. The van der Waals surface area contributed by atoms with Crippen LogP contribution in [0.3, 0.4) is 0 Å². The van der Waals surface area contributed by atoms with Crippen molar-refractivity contribution in [2.75, 3.05) is 23.7 Å². The number of nitrogens with one attached hydrogen (secondary N) is 1.